The Morgan fingerprint density at radius 2 is 1.63 bits per heavy atom. The van der Waals surface area contributed by atoms with Crippen LogP contribution in [0.15, 0.2) is 65.3 Å². The molecule has 2 aromatic heterocycles. The van der Waals surface area contributed by atoms with Crippen molar-refractivity contribution >= 4 is 29.0 Å². The van der Waals surface area contributed by atoms with Crippen molar-refractivity contribution in [3.63, 3.8) is 0 Å². The highest BCUT2D eigenvalue weighted by molar-refractivity contribution is 7.09. The summed E-state index contributed by atoms with van der Waals surface area (Å²) in [6, 6.07) is 7.83. The first-order valence-corrected chi connectivity index (χ1v) is 11.7. The first-order chi connectivity index (χ1) is 16.8. The van der Waals surface area contributed by atoms with Crippen molar-refractivity contribution in [1.29, 1.82) is 0 Å². The zero-order valence-corrected chi connectivity index (χ0v) is 19.2. The maximum absolute atomic E-state index is 12.8. The number of aromatic nitrogens is 2. The van der Waals surface area contributed by atoms with Crippen molar-refractivity contribution < 1.29 is 22.8 Å². The Labute approximate surface area is 202 Å². The number of nitrogens with one attached hydrogen (secondary N) is 1. The van der Waals surface area contributed by atoms with Gasteiger partial charge in [-0.1, -0.05) is 0 Å². The van der Waals surface area contributed by atoms with Crippen molar-refractivity contribution in [1.82, 2.24) is 20.2 Å². The zero-order chi connectivity index (χ0) is 24.6. The third kappa shape index (κ3) is 4.90. The Morgan fingerprint density at radius 3 is 2.20 bits per heavy atom. The van der Waals surface area contributed by atoms with E-state index >= 15 is 0 Å². The number of carbonyl (C=O) groups is 2. The molecule has 11 heteroatoms. The summed E-state index contributed by atoms with van der Waals surface area (Å²) in [6.45, 7) is 2.44. The lowest BCUT2D eigenvalue weighted by atomic mass is 10.1. The van der Waals surface area contributed by atoms with E-state index in [0.29, 0.717) is 38.3 Å². The summed E-state index contributed by atoms with van der Waals surface area (Å²) in [6.07, 6.45) is -1.21. The second-order valence-corrected chi connectivity index (χ2v) is 9.29. The largest absolute Gasteiger partial charge is 0.416 e. The van der Waals surface area contributed by atoms with E-state index < -0.39 is 11.7 Å². The molecule has 4 heterocycles. The summed E-state index contributed by atoms with van der Waals surface area (Å²) in [4.78, 5) is 37.4. The van der Waals surface area contributed by atoms with Gasteiger partial charge >= 0.3 is 6.18 Å². The van der Waals surface area contributed by atoms with E-state index in [4.69, 9.17) is 0 Å². The van der Waals surface area contributed by atoms with E-state index in [0.717, 1.165) is 34.1 Å². The molecule has 1 aromatic carbocycles. The van der Waals surface area contributed by atoms with Crippen LogP contribution in [0.2, 0.25) is 0 Å². The van der Waals surface area contributed by atoms with Gasteiger partial charge in [0.25, 0.3) is 11.8 Å². The third-order valence-corrected chi connectivity index (χ3v) is 6.77. The van der Waals surface area contributed by atoms with Gasteiger partial charge in [-0.05, 0) is 47.5 Å². The number of benzene rings is 1. The third-order valence-electron chi connectivity index (χ3n) is 5.99. The van der Waals surface area contributed by atoms with Gasteiger partial charge in [0.15, 0.2) is 0 Å². The summed E-state index contributed by atoms with van der Waals surface area (Å²) in [5.74, 6) is 0.223. The number of amides is 2. The highest BCUT2D eigenvalue weighted by atomic mass is 32.1. The molecule has 2 amide bonds. The predicted octanol–water partition coefficient (Wildman–Crippen LogP) is 3.76. The second-order valence-electron chi connectivity index (χ2n) is 8.31. The molecule has 0 fully saturated rings. The topological polar surface area (TPSA) is 78.4 Å². The van der Waals surface area contributed by atoms with Gasteiger partial charge < -0.3 is 15.1 Å². The number of anilines is 1. The smallest absolute Gasteiger partial charge is 0.348 e. The Morgan fingerprint density at radius 1 is 0.943 bits per heavy atom. The van der Waals surface area contributed by atoms with Crippen LogP contribution in [0.3, 0.4) is 0 Å². The van der Waals surface area contributed by atoms with Crippen molar-refractivity contribution in [2.75, 3.05) is 31.1 Å². The number of rotatable bonds is 5. The number of nitrogens with zero attached hydrogens (tertiary/aromatic N) is 4. The number of halogens is 3. The minimum absolute atomic E-state index is 0.223. The predicted molar refractivity (Wildman–Crippen MR) is 124 cm³/mol. The van der Waals surface area contributed by atoms with Crippen LogP contribution in [0.5, 0.6) is 0 Å². The molecule has 0 bridgehead atoms. The minimum Gasteiger partial charge on any atom is -0.348 e. The highest BCUT2D eigenvalue weighted by Crippen LogP contribution is 2.31. The summed E-state index contributed by atoms with van der Waals surface area (Å²) in [7, 11) is 0. The quantitative estimate of drug-likeness (QED) is 0.541. The van der Waals surface area contributed by atoms with E-state index in [1.165, 1.54) is 29.7 Å². The molecule has 0 saturated carbocycles. The van der Waals surface area contributed by atoms with Gasteiger partial charge in [-0.25, -0.2) is 9.97 Å². The highest BCUT2D eigenvalue weighted by Gasteiger charge is 2.34. The van der Waals surface area contributed by atoms with Gasteiger partial charge in [0, 0.05) is 49.5 Å². The lowest BCUT2D eigenvalue weighted by Crippen LogP contribution is -2.34. The molecule has 0 saturated heterocycles. The Bertz CT molecular complexity index is 1250. The average Bonchev–Trinajstić information content (AvgIpc) is 3.59. The lowest BCUT2D eigenvalue weighted by Gasteiger charge is -2.24. The van der Waals surface area contributed by atoms with Gasteiger partial charge in [-0.15, -0.1) is 11.3 Å². The van der Waals surface area contributed by atoms with Crippen LogP contribution in [0.4, 0.5) is 19.0 Å². The van der Waals surface area contributed by atoms with E-state index in [2.05, 4.69) is 20.2 Å². The summed E-state index contributed by atoms with van der Waals surface area (Å²) >= 11 is 1.47. The molecule has 1 N–H and O–H groups in total. The molecule has 7 nitrogen and oxygen atoms in total. The SMILES string of the molecule is O=C(NCc1nccs1)c1ccc(N2CC3=C(CN(C(=O)c4ccc(C(F)(F)F)cc4)C3)C2)nc1. The normalized spacial score (nSPS) is 15.5. The van der Waals surface area contributed by atoms with Crippen LogP contribution in [-0.2, 0) is 12.7 Å². The van der Waals surface area contributed by atoms with Gasteiger partial charge in [-0.2, -0.15) is 13.2 Å². The molecule has 0 unspecified atom stereocenters. The number of hydrogen-bond donors (Lipinski definition) is 1. The Kier molecular flexibility index (Phi) is 6.01. The standard InChI is InChI=1S/C24H20F3N5O2S/c25-24(26,27)19-4-1-15(2-5-19)23(34)32-13-17-11-31(12-18(17)14-32)20-6-3-16(9-29-20)22(33)30-10-21-28-7-8-35-21/h1-9H,10-14H2,(H,30,33). The number of pyridine rings is 1. The number of thiazole rings is 1. The first-order valence-electron chi connectivity index (χ1n) is 10.8. The van der Waals surface area contributed by atoms with E-state index in [-0.39, 0.29) is 17.4 Å². The number of carbonyl (C=O) groups excluding carboxylic acids is 2. The molecule has 0 atom stereocenters. The van der Waals surface area contributed by atoms with Crippen molar-refractivity contribution in [3.05, 3.63) is 87.0 Å². The van der Waals surface area contributed by atoms with Crippen LogP contribution >= 0.6 is 11.3 Å². The molecule has 0 aliphatic carbocycles. The lowest BCUT2D eigenvalue weighted by molar-refractivity contribution is -0.137. The van der Waals surface area contributed by atoms with E-state index in [1.54, 1.807) is 23.2 Å². The fraction of sp³-hybridized carbons (Fsp3) is 0.250. The number of alkyl halides is 3. The second kappa shape index (κ2) is 9.14. The Balaban J connectivity index is 1.15. The molecular formula is C24H20F3N5O2S. The molecular weight excluding hydrogens is 479 g/mol. The average molecular weight is 500 g/mol. The zero-order valence-electron chi connectivity index (χ0n) is 18.4. The summed E-state index contributed by atoms with van der Waals surface area (Å²) < 4.78 is 38.3. The fourth-order valence-corrected chi connectivity index (χ4v) is 4.73. The maximum atomic E-state index is 12.8. The molecule has 0 spiro atoms. The fourth-order valence-electron chi connectivity index (χ4n) is 4.18. The van der Waals surface area contributed by atoms with Crippen molar-refractivity contribution in [2.24, 2.45) is 0 Å². The molecule has 2 aliphatic rings. The van der Waals surface area contributed by atoms with Crippen molar-refractivity contribution in [2.45, 2.75) is 12.7 Å². The molecule has 35 heavy (non-hydrogen) atoms. The van der Waals surface area contributed by atoms with Crippen LogP contribution in [0.1, 0.15) is 31.3 Å². The van der Waals surface area contributed by atoms with Crippen molar-refractivity contribution in [3.8, 4) is 0 Å². The summed E-state index contributed by atoms with van der Waals surface area (Å²) in [5, 5.41) is 5.49. The molecule has 0 radical (unpaired) electrons. The van der Waals surface area contributed by atoms with Gasteiger partial charge in [0.05, 0.1) is 17.7 Å². The van der Waals surface area contributed by atoms with E-state index in [9.17, 15) is 22.8 Å². The Hall–Kier alpha value is -3.73. The maximum Gasteiger partial charge on any atom is 0.416 e. The molecule has 2 aliphatic heterocycles. The molecule has 180 valence electrons. The number of hydrogen-bond acceptors (Lipinski definition) is 6. The van der Waals surface area contributed by atoms with E-state index in [1.807, 2.05) is 5.38 Å². The molecule has 3 aromatic rings. The van der Waals surface area contributed by atoms with Gasteiger partial charge in [-0.3, -0.25) is 9.59 Å². The van der Waals surface area contributed by atoms with Crippen LogP contribution in [0.25, 0.3) is 0 Å². The van der Waals surface area contributed by atoms with Gasteiger partial charge in [0.1, 0.15) is 10.8 Å². The van der Waals surface area contributed by atoms with Crippen LogP contribution < -0.4 is 10.2 Å². The van der Waals surface area contributed by atoms with Crippen LogP contribution in [0, 0.1) is 0 Å². The van der Waals surface area contributed by atoms with Crippen LogP contribution in [-0.4, -0.2) is 52.9 Å². The minimum atomic E-state index is -4.43. The summed E-state index contributed by atoms with van der Waals surface area (Å²) in [5.41, 5.74) is 2.14. The van der Waals surface area contributed by atoms with Gasteiger partial charge in [0.2, 0.25) is 0 Å². The monoisotopic (exact) mass is 499 g/mol. The first kappa shape index (κ1) is 23.0. The molecule has 5 rings (SSSR count).